The number of carbonyl (C=O) groups is 1. The highest BCUT2D eigenvalue weighted by molar-refractivity contribution is 6.09. The van der Waals surface area contributed by atoms with Crippen molar-refractivity contribution in [2.45, 2.75) is 43.8 Å². The van der Waals surface area contributed by atoms with E-state index in [0.717, 1.165) is 12.8 Å². The molecule has 1 fully saturated rings. The van der Waals surface area contributed by atoms with Gasteiger partial charge < -0.3 is 15.6 Å². The van der Waals surface area contributed by atoms with Crippen molar-refractivity contribution < 1.29 is 23.4 Å². The Balaban J connectivity index is 1.83. The van der Waals surface area contributed by atoms with Crippen molar-refractivity contribution in [3.8, 4) is 17.6 Å². The first-order chi connectivity index (χ1) is 15.9. The lowest BCUT2D eigenvalue weighted by atomic mass is 9.81. The fourth-order valence-electron chi connectivity index (χ4n) is 4.03. The van der Waals surface area contributed by atoms with Gasteiger partial charge in [0.1, 0.15) is 5.75 Å². The lowest BCUT2D eigenvalue weighted by Gasteiger charge is -2.27. The third-order valence-electron chi connectivity index (χ3n) is 5.87. The Morgan fingerprint density at radius 1 is 1.27 bits per heavy atom. The van der Waals surface area contributed by atoms with Gasteiger partial charge in [-0.1, -0.05) is 30.0 Å². The molecule has 6 nitrogen and oxygen atoms in total. The second-order valence-corrected chi connectivity index (χ2v) is 8.16. The Bertz CT molecular complexity index is 1150. The number of carbonyl (C=O) groups excluding carboxylic acids is 1. The second-order valence-electron chi connectivity index (χ2n) is 8.16. The molecule has 0 spiro atoms. The molecular formula is C25H25F2N3O3. The van der Waals surface area contributed by atoms with Crippen LogP contribution >= 0.6 is 0 Å². The number of halogens is 2. The van der Waals surface area contributed by atoms with Gasteiger partial charge in [-0.05, 0) is 66.1 Å². The number of aliphatic hydroxyl groups excluding tert-OH is 1. The van der Waals surface area contributed by atoms with E-state index in [1.165, 1.54) is 11.0 Å². The van der Waals surface area contributed by atoms with E-state index in [4.69, 9.17) is 15.6 Å². The van der Waals surface area contributed by atoms with Gasteiger partial charge in [-0.2, -0.15) is 8.78 Å². The lowest BCUT2D eigenvalue weighted by molar-refractivity contribution is -0.129. The van der Waals surface area contributed by atoms with Gasteiger partial charge in [0.2, 0.25) is 0 Å². The molecule has 33 heavy (non-hydrogen) atoms. The van der Waals surface area contributed by atoms with Crippen LogP contribution < -0.4 is 10.5 Å². The first-order valence-electron chi connectivity index (χ1n) is 10.8. The predicted molar refractivity (Wildman–Crippen MR) is 120 cm³/mol. The number of amides is 1. The molecule has 2 aromatic carbocycles. The van der Waals surface area contributed by atoms with Crippen LogP contribution in [0.3, 0.4) is 0 Å². The quantitative estimate of drug-likeness (QED) is 0.497. The maximum absolute atomic E-state index is 13.5. The van der Waals surface area contributed by atoms with E-state index < -0.39 is 12.2 Å². The zero-order valence-electron chi connectivity index (χ0n) is 18.2. The average Bonchev–Trinajstić information content (AvgIpc) is 3.61. The van der Waals surface area contributed by atoms with Crippen LogP contribution in [-0.2, 0) is 10.3 Å². The summed E-state index contributed by atoms with van der Waals surface area (Å²) in [4.78, 5) is 19.4. The van der Waals surface area contributed by atoms with Crippen molar-refractivity contribution >= 4 is 11.9 Å². The van der Waals surface area contributed by atoms with E-state index in [1.54, 1.807) is 37.4 Å². The van der Waals surface area contributed by atoms with Crippen LogP contribution in [0.2, 0.25) is 0 Å². The molecule has 0 bridgehead atoms. The highest BCUT2D eigenvalue weighted by Gasteiger charge is 2.50. The summed E-state index contributed by atoms with van der Waals surface area (Å²) in [6, 6.07) is 12.0. The highest BCUT2D eigenvalue weighted by atomic mass is 19.3. The van der Waals surface area contributed by atoms with Crippen LogP contribution in [0.15, 0.2) is 47.5 Å². The number of hydrogen-bond donors (Lipinski definition) is 2. The molecule has 1 aliphatic heterocycles. The van der Waals surface area contributed by atoms with E-state index in [1.807, 2.05) is 6.07 Å². The number of benzene rings is 2. The molecular weight excluding hydrogens is 428 g/mol. The fourth-order valence-corrected chi connectivity index (χ4v) is 4.03. The SMILES string of the molecule is CN1C(=O)C(c2cccc(C#CCCCO)c2)(c2ccc(OC(F)F)c(C3CC3)c2)N=C1N. The van der Waals surface area contributed by atoms with E-state index >= 15 is 0 Å². The number of aliphatic hydroxyl groups is 1. The number of alkyl halides is 2. The minimum absolute atomic E-state index is 0.0697. The summed E-state index contributed by atoms with van der Waals surface area (Å²) >= 11 is 0. The van der Waals surface area contributed by atoms with E-state index in [0.29, 0.717) is 35.1 Å². The number of likely N-dealkylation sites (N-methyl/N-ethyl adjacent to an activating group) is 1. The van der Waals surface area contributed by atoms with Crippen molar-refractivity contribution in [1.82, 2.24) is 4.90 Å². The lowest BCUT2D eigenvalue weighted by Crippen LogP contribution is -2.41. The maximum atomic E-state index is 13.5. The smallest absolute Gasteiger partial charge is 0.387 e. The van der Waals surface area contributed by atoms with Crippen molar-refractivity contribution in [2.24, 2.45) is 10.7 Å². The molecule has 1 atom stereocenters. The first kappa shape index (κ1) is 22.7. The summed E-state index contributed by atoms with van der Waals surface area (Å²) in [5.41, 5.74) is 7.06. The normalized spacial score (nSPS) is 20.0. The number of ether oxygens (including phenoxy) is 1. The summed E-state index contributed by atoms with van der Waals surface area (Å²) in [5.74, 6) is 6.01. The van der Waals surface area contributed by atoms with Crippen LogP contribution in [-0.4, -0.2) is 42.1 Å². The van der Waals surface area contributed by atoms with Crippen LogP contribution in [0, 0.1) is 11.8 Å². The molecule has 1 heterocycles. The summed E-state index contributed by atoms with van der Waals surface area (Å²) in [6.07, 6.45) is 2.87. The first-order valence-corrected chi connectivity index (χ1v) is 10.8. The van der Waals surface area contributed by atoms with E-state index in [9.17, 15) is 13.6 Å². The largest absolute Gasteiger partial charge is 0.435 e. The number of hydrogen-bond acceptors (Lipinski definition) is 5. The predicted octanol–water partition coefficient (Wildman–Crippen LogP) is 3.32. The Labute approximate surface area is 191 Å². The van der Waals surface area contributed by atoms with Gasteiger partial charge in [-0.15, -0.1) is 0 Å². The minimum Gasteiger partial charge on any atom is -0.435 e. The molecule has 1 aliphatic carbocycles. The number of unbranched alkanes of at least 4 members (excludes halogenated alkanes) is 1. The van der Waals surface area contributed by atoms with Crippen LogP contribution in [0.1, 0.15) is 53.9 Å². The monoisotopic (exact) mass is 453 g/mol. The van der Waals surface area contributed by atoms with Crippen molar-refractivity contribution in [3.63, 3.8) is 0 Å². The number of guanidine groups is 1. The van der Waals surface area contributed by atoms with Crippen LogP contribution in [0.4, 0.5) is 8.78 Å². The molecule has 1 unspecified atom stereocenters. The molecule has 1 amide bonds. The third-order valence-corrected chi connectivity index (χ3v) is 5.87. The summed E-state index contributed by atoms with van der Waals surface area (Å²) in [5, 5.41) is 8.94. The molecule has 2 aliphatic rings. The molecule has 2 aromatic rings. The molecule has 1 saturated carbocycles. The molecule has 0 saturated heterocycles. The summed E-state index contributed by atoms with van der Waals surface area (Å²) < 4.78 is 30.6. The van der Waals surface area contributed by atoms with Crippen LogP contribution in [0.25, 0.3) is 0 Å². The van der Waals surface area contributed by atoms with E-state index in [2.05, 4.69) is 16.8 Å². The van der Waals surface area contributed by atoms with Crippen molar-refractivity contribution in [2.75, 3.05) is 13.7 Å². The summed E-state index contributed by atoms with van der Waals surface area (Å²) in [6.45, 7) is -2.86. The number of nitrogens with two attached hydrogens (primary N) is 1. The Kier molecular flexibility index (Phi) is 6.34. The topological polar surface area (TPSA) is 88.2 Å². The number of aliphatic imine (C=N–C) groups is 1. The fraction of sp³-hybridized carbons (Fsp3) is 0.360. The molecule has 3 N–H and O–H groups in total. The summed E-state index contributed by atoms with van der Waals surface area (Å²) in [7, 11) is 1.55. The maximum Gasteiger partial charge on any atom is 0.387 e. The van der Waals surface area contributed by atoms with Gasteiger partial charge in [0.15, 0.2) is 11.5 Å². The van der Waals surface area contributed by atoms with Gasteiger partial charge >= 0.3 is 6.61 Å². The minimum atomic E-state index is -2.93. The van der Waals surface area contributed by atoms with Crippen LogP contribution in [0.5, 0.6) is 5.75 Å². The van der Waals surface area contributed by atoms with Gasteiger partial charge in [0.05, 0.1) is 0 Å². The second kappa shape index (κ2) is 9.20. The molecule has 0 aromatic heterocycles. The molecule has 4 rings (SSSR count). The van der Waals surface area contributed by atoms with Crippen molar-refractivity contribution in [3.05, 3.63) is 64.7 Å². The molecule has 0 radical (unpaired) electrons. The van der Waals surface area contributed by atoms with E-state index in [-0.39, 0.29) is 30.1 Å². The number of rotatable bonds is 7. The van der Waals surface area contributed by atoms with Gasteiger partial charge in [0, 0.05) is 25.6 Å². The van der Waals surface area contributed by atoms with Crippen molar-refractivity contribution in [1.29, 1.82) is 0 Å². The molecule has 8 heteroatoms. The molecule has 172 valence electrons. The Morgan fingerprint density at radius 2 is 2.03 bits per heavy atom. The number of nitrogens with zero attached hydrogens (tertiary/aromatic N) is 2. The Hall–Kier alpha value is -3.44. The zero-order chi connectivity index (χ0) is 23.6. The zero-order valence-corrected chi connectivity index (χ0v) is 18.2. The Morgan fingerprint density at radius 3 is 2.67 bits per heavy atom. The van der Waals surface area contributed by atoms with Gasteiger partial charge in [-0.3, -0.25) is 9.69 Å². The standard InChI is InChI=1S/C25H25F2N3O3/c1-30-22(32)25(29-24(30)28,18-8-5-7-16(14-18)6-3-2-4-13-31)19-11-12-21(33-23(26)27)20(15-19)17-9-10-17/h5,7-8,11-12,14-15,17,23,31H,2,4,9-10,13H2,1H3,(H2,28,29). The van der Waals surface area contributed by atoms with Gasteiger partial charge in [-0.25, -0.2) is 4.99 Å². The highest BCUT2D eigenvalue weighted by Crippen LogP contribution is 2.48. The average molecular weight is 453 g/mol. The van der Waals surface area contributed by atoms with Gasteiger partial charge in [0.25, 0.3) is 5.91 Å². The third kappa shape index (κ3) is 4.41.